The third kappa shape index (κ3) is 4.90. The van der Waals surface area contributed by atoms with Gasteiger partial charge in [0, 0.05) is 6.54 Å². The Bertz CT molecular complexity index is 1110. The van der Waals surface area contributed by atoms with Gasteiger partial charge in [0.25, 0.3) is 5.91 Å². The molecule has 3 rings (SSSR count). The Morgan fingerprint density at radius 1 is 1.34 bits per heavy atom. The predicted octanol–water partition coefficient (Wildman–Crippen LogP) is 1.65. The molecule has 0 saturated carbocycles. The highest BCUT2D eigenvalue weighted by atomic mass is 32.2. The minimum atomic E-state index is -3.55. The van der Waals surface area contributed by atoms with Crippen molar-refractivity contribution in [1.82, 2.24) is 8.87 Å². The van der Waals surface area contributed by atoms with E-state index < -0.39 is 33.8 Å². The van der Waals surface area contributed by atoms with E-state index in [9.17, 15) is 22.4 Å². The average Bonchev–Trinajstić information content (AvgIpc) is 2.97. The predicted molar refractivity (Wildman–Crippen MR) is 106 cm³/mol. The van der Waals surface area contributed by atoms with Gasteiger partial charge in [-0.3, -0.25) is 9.59 Å². The number of nitrogens with zero attached hydrogens (tertiary/aromatic N) is 3. The minimum Gasteiger partial charge on any atom is -0.465 e. The van der Waals surface area contributed by atoms with E-state index in [1.54, 1.807) is 6.92 Å². The lowest BCUT2D eigenvalue weighted by molar-refractivity contribution is -0.143. The first-order valence-electron chi connectivity index (χ1n) is 9.20. The lowest BCUT2D eigenvalue weighted by Crippen LogP contribution is -2.47. The lowest BCUT2D eigenvalue weighted by Gasteiger charge is -2.31. The lowest BCUT2D eigenvalue weighted by atomic mass is 10.0. The van der Waals surface area contributed by atoms with E-state index in [0.717, 1.165) is 24.0 Å². The van der Waals surface area contributed by atoms with Crippen LogP contribution in [0.15, 0.2) is 23.2 Å². The van der Waals surface area contributed by atoms with Crippen LogP contribution in [0, 0.1) is 5.82 Å². The maximum atomic E-state index is 13.6. The van der Waals surface area contributed by atoms with Crippen molar-refractivity contribution in [3.63, 3.8) is 0 Å². The van der Waals surface area contributed by atoms with Gasteiger partial charge in [-0.05, 0) is 38.0 Å². The molecule has 1 atom stereocenters. The summed E-state index contributed by atoms with van der Waals surface area (Å²) in [6, 6.07) is 3.19. The first kappa shape index (κ1) is 21.6. The van der Waals surface area contributed by atoms with Crippen molar-refractivity contribution in [2.75, 3.05) is 19.4 Å². The van der Waals surface area contributed by atoms with Crippen LogP contribution in [0.1, 0.15) is 26.2 Å². The summed E-state index contributed by atoms with van der Waals surface area (Å²) in [7, 11) is -3.55. The molecule has 0 bridgehead atoms. The first-order chi connectivity index (χ1) is 13.7. The maximum absolute atomic E-state index is 13.6. The van der Waals surface area contributed by atoms with Crippen molar-refractivity contribution < 1.29 is 27.1 Å². The van der Waals surface area contributed by atoms with Crippen LogP contribution in [0.3, 0.4) is 0 Å². The van der Waals surface area contributed by atoms with Gasteiger partial charge in [-0.15, -0.1) is 0 Å². The quantitative estimate of drug-likeness (QED) is 0.655. The van der Waals surface area contributed by atoms with Crippen LogP contribution in [-0.4, -0.2) is 54.6 Å². The monoisotopic (exact) mass is 443 g/mol. The molecule has 11 heteroatoms. The molecule has 1 saturated heterocycles. The van der Waals surface area contributed by atoms with Crippen LogP contribution >= 0.6 is 11.3 Å². The second-order valence-electron chi connectivity index (χ2n) is 6.72. The number of hydrogen-bond acceptors (Lipinski definition) is 6. The van der Waals surface area contributed by atoms with E-state index in [0.29, 0.717) is 23.1 Å². The molecule has 1 aliphatic heterocycles. The molecule has 0 N–H and O–H groups in total. The number of ether oxygens (including phenoxy) is 1. The number of fused-ring (bicyclic) bond motifs is 1. The van der Waals surface area contributed by atoms with Crippen LogP contribution in [0.5, 0.6) is 0 Å². The molecule has 2 heterocycles. The van der Waals surface area contributed by atoms with E-state index in [4.69, 9.17) is 4.74 Å². The van der Waals surface area contributed by atoms with E-state index in [1.165, 1.54) is 27.1 Å². The van der Waals surface area contributed by atoms with E-state index in [2.05, 4.69) is 4.99 Å². The third-order valence-corrected chi connectivity index (χ3v) is 6.94. The van der Waals surface area contributed by atoms with Gasteiger partial charge >= 0.3 is 5.97 Å². The van der Waals surface area contributed by atoms with Gasteiger partial charge in [-0.25, -0.2) is 12.8 Å². The Balaban J connectivity index is 2.06. The van der Waals surface area contributed by atoms with Gasteiger partial charge in [-0.1, -0.05) is 17.8 Å². The average molecular weight is 444 g/mol. The second kappa shape index (κ2) is 8.72. The zero-order chi connectivity index (χ0) is 21.2. The van der Waals surface area contributed by atoms with Gasteiger partial charge in [0.15, 0.2) is 4.80 Å². The summed E-state index contributed by atoms with van der Waals surface area (Å²) in [6.45, 7) is 1.96. The van der Waals surface area contributed by atoms with Crippen molar-refractivity contribution in [3.05, 3.63) is 28.8 Å². The molecule has 1 aromatic carbocycles. The van der Waals surface area contributed by atoms with Crippen LogP contribution in [0.2, 0.25) is 0 Å². The van der Waals surface area contributed by atoms with Gasteiger partial charge in [0.2, 0.25) is 10.0 Å². The Labute approximate surface area is 171 Å². The topological polar surface area (TPSA) is 98.0 Å². The molecule has 29 heavy (non-hydrogen) atoms. The number of carbonyl (C=O) groups excluding carboxylic acids is 2. The van der Waals surface area contributed by atoms with Crippen molar-refractivity contribution in [2.45, 2.75) is 38.8 Å². The molecule has 0 spiro atoms. The number of hydrogen-bond donors (Lipinski definition) is 0. The summed E-state index contributed by atoms with van der Waals surface area (Å²) in [4.78, 5) is 29.2. The fourth-order valence-electron chi connectivity index (χ4n) is 3.34. The Hall–Kier alpha value is -2.11. The highest BCUT2D eigenvalue weighted by Gasteiger charge is 2.34. The number of rotatable bonds is 5. The fraction of sp³-hybridized carbons (Fsp3) is 0.500. The molecule has 2 aromatic rings. The number of carbonyl (C=O) groups is 2. The zero-order valence-corrected chi connectivity index (χ0v) is 17.8. The molecular weight excluding hydrogens is 421 g/mol. The number of aromatic nitrogens is 1. The smallest absolute Gasteiger partial charge is 0.326 e. The standard InChI is InChI=1S/C18H22FN3O5S2/c1-3-27-16(23)11-21-13-8-7-12(19)10-15(13)28-18(21)20-17(24)14-6-4-5-9-22(14)29(2,25)26/h7-8,10,14H,3-6,9,11H2,1-2H3/t14-/m0/s1. The number of benzene rings is 1. The van der Waals surface area contributed by atoms with Crippen molar-refractivity contribution in [2.24, 2.45) is 4.99 Å². The Morgan fingerprint density at radius 3 is 2.79 bits per heavy atom. The van der Waals surface area contributed by atoms with Crippen LogP contribution in [-0.2, 0) is 30.9 Å². The number of esters is 1. The number of amides is 1. The summed E-state index contributed by atoms with van der Waals surface area (Å²) < 4.78 is 45.9. The normalized spacial score (nSPS) is 18.9. The fourth-order valence-corrected chi connectivity index (χ4v) is 5.52. The number of piperidine rings is 1. The van der Waals surface area contributed by atoms with Crippen LogP contribution < -0.4 is 4.80 Å². The number of thiazole rings is 1. The van der Waals surface area contributed by atoms with E-state index >= 15 is 0 Å². The molecule has 1 aliphatic rings. The SMILES string of the molecule is CCOC(=O)Cn1c(=NC(=O)[C@@H]2CCCCN2S(C)(=O)=O)sc2cc(F)ccc21. The molecule has 1 aromatic heterocycles. The minimum absolute atomic E-state index is 0.188. The van der Waals surface area contributed by atoms with Gasteiger partial charge < -0.3 is 9.30 Å². The molecular formula is C18H22FN3O5S2. The Kier molecular flexibility index (Phi) is 6.49. The largest absolute Gasteiger partial charge is 0.465 e. The zero-order valence-electron chi connectivity index (χ0n) is 16.1. The molecule has 158 valence electrons. The third-order valence-electron chi connectivity index (χ3n) is 4.61. The van der Waals surface area contributed by atoms with Gasteiger partial charge in [0.1, 0.15) is 18.4 Å². The Morgan fingerprint density at radius 2 is 2.10 bits per heavy atom. The summed E-state index contributed by atoms with van der Waals surface area (Å²) in [5.74, 6) is -1.56. The highest BCUT2D eigenvalue weighted by molar-refractivity contribution is 7.88. The summed E-state index contributed by atoms with van der Waals surface area (Å²) in [6.07, 6.45) is 2.86. The summed E-state index contributed by atoms with van der Waals surface area (Å²) >= 11 is 1.06. The van der Waals surface area contributed by atoms with Gasteiger partial charge in [0.05, 0.1) is 23.1 Å². The number of sulfonamides is 1. The number of halogens is 1. The van der Waals surface area contributed by atoms with E-state index in [1.807, 2.05) is 0 Å². The van der Waals surface area contributed by atoms with Crippen LogP contribution in [0.25, 0.3) is 10.2 Å². The molecule has 8 nitrogen and oxygen atoms in total. The van der Waals surface area contributed by atoms with Crippen molar-refractivity contribution in [1.29, 1.82) is 0 Å². The summed E-state index contributed by atoms with van der Waals surface area (Å²) in [5, 5.41) is 0. The highest BCUT2D eigenvalue weighted by Crippen LogP contribution is 2.22. The summed E-state index contributed by atoms with van der Waals surface area (Å²) in [5.41, 5.74) is 0.541. The van der Waals surface area contributed by atoms with Crippen molar-refractivity contribution >= 4 is 43.5 Å². The maximum Gasteiger partial charge on any atom is 0.326 e. The van der Waals surface area contributed by atoms with Gasteiger partial charge in [-0.2, -0.15) is 9.30 Å². The molecule has 0 unspecified atom stereocenters. The van der Waals surface area contributed by atoms with Crippen molar-refractivity contribution in [3.8, 4) is 0 Å². The van der Waals surface area contributed by atoms with E-state index in [-0.39, 0.29) is 24.5 Å². The molecule has 1 amide bonds. The second-order valence-corrected chi connectivity index (χ2v) is 9.67. The van der Waals surface area contributed by atoms with Crippen LogP contribution in [0.4, 0.5) is 4.39 Å². The molecule has 0 radical (unpaired) electrons. The molecule has 1 fully saturated rings. The first-order valence-corrected chi connectivity index (χ1v) is 11.9. The molecule has 0 aliphatic carbocycles.